The van der Waals surface area contributed by atoms with E-state index < -0.39 is 6.10 Å². The molecule has 4 nitrogen and oxygen atoms in total. The summed E-state index contributed by atoms with van der Waals surface area (Å²) < 4.78 is 5.65. The Labute approximate surface area is 140 Å². The van der Waals surface area contributed by atoms with Gasteiger partial charge in [-0.25, -0.2) is 0 Å². The lowest BCUT2D eigenvalue weighted by Crippen LogP contribution is -2.50. The standard InChI is InChI=1S/C16H20Cl2N2O2/c1-9(22-15-5-2-10(17)6-14(15)18)16(21)20-13-7-11-3-4-12(8-13)19-11/h2,5-6,9,11-13,19H,3-4,7-8H2,1H3,(H,20,21). The molecule has 2 heterocycles. The minimum atomic E-state index is -0.591. The van der Waals surface area contributed by atoms with Gasteiger partial charge in [-0.1, -0.05) is 23.2 Å². The number of rotatable bonds is 4. The third kappa shape index (κ3) is 3.67. The Hall–Kier alpha value is -0.970. The molecule has 6 heteroatoms. The van der Waals surface area contributed by atoms with Crippen molar-refractivity contribution in [3.05, 3.63) is 28.2 Å². The first-order valence-electron chi connectivity index (χ1n) is 7.69. The average Bonchev–Trinajstić information content (AvgIpc) is 2.81. The molecule has 2 aliphatic rings. The van der Waals surface area contributed by atoms with Crippen LogP contribution in [0, 0.1) is 0 Å². The molecular formula is C16H20Cl2N2O2. The van der Waals surface area contributed by atoms with Crippen molar-refractivity contribution in [2.45, 2.75) is 56.8 Å². The number of halogens is 2. The minimum Gasteiger partial charge on any atom is -0.479 e. The van der Waals surface area contributed by atoms with E-state index in [1.165, 1.54) is 12.8 Å². The lowest BCUT2D eigenvalue weighted by Gasteiger charge is -2.30. The maximum absolute atomic E-state index is 12.3. The molecule has 3 unspecified atom stereocenters. The highest BCUT2D eigenvalue weighted by molar-refractivity contribution is 6.35. The molecule has 2 fully saturated rings. The number of piperidine rings is 1. The topological polar surface area (TPSA) is 50.4 Å². The van der Waals surface area contributed by atoms with Crippen molar-refractivity contribution in [2.24, 2.45) is 0 Å². The Morgan fingerprint density at radius 3 is 2.64 bits per heavy atom. The van der Waals surface area contributed by atoms with E-state index in [0.717, 1.165) is 12.8 Å². The van der Waals surface area contributed by atoms with E-state index in [0.29, 0.717) is 27.9 Å². The smallest absolute Gasteiger partial charge is 0.260 e. The normalized spacial score (nSPS) is 28.2. The maximum atomic E-state index is 12.3. The van der Waals surface area contributed by atoms with Crippen LogP contribution in [0.1, 0.15) is 32.6 Å². The summed E-state index contributed by atoms with van der Waals surface area (Å²) in [5.41, 5.74) is 0. The number of ether oxygens (including phenoxy) is 1. The summed E-state index contributed by atoms with van der Waals surface area (Å²) in [6, 6.07) is 6.31. The molecule has 1 aromatic rings. The number of fused-ring (bicyclic) bond motifs is 2. The van der Waals surface area contributed by atoms with Crippen LogP contribution >= 0.6 is 23.2 Å². The fourth-order valence-electron chi connectivity index (χ4n) is 3.31. The largest absolute Gasteiger partial charge is 0.479 e. The van der Waals surface area contributed by atoms with Crippen LogP contribution in [0.3, 0.4) is 0 Å². The number of amides is 1. The molecule has 120 valence electrons. The zero-order chi connectivity index (χ0) is 15.7. The van der Waals surface area contributed by atoms with Gasteiger partial charge in [-0.3, -0.25) is 4.79 Å². The predicted octanol–water partition coefficient (Wildman–Crippen LogP) is 3.16. The summed E-state index contributed by atoms with van der Waals surface area (Å²) >= 11 is 11.9. The quantitative estimate of drug-likeness (QED) is 0.883. The highest BCUT2D eigenvalue weighted by atomic mass is 35.5. The maximum Gasteiger partial charge on any atom is 0.260 e. The Balaban J connectivity index is 1.55. The molecule has 0 saturated carbocycles. The van der Waals surface area contributed by atoms with Gasteiger partial charge < -0.3 is 15.4 Å². The molecule has 0 aliphatic carbocycles. The van der Waals surface area contributed by atoms with E-state index in [4.69, 9.17) is 27.9 Å². The van der Waals surface area contributed by atoms with Gasteiger partial charge in [0.25, 0.3) is 5.91 Å². The van der Waals surface area contributed by atoms with E-state index in [2.05, 4.69) is 10.6 Å². The van der Waals surface area contributed by atoms with E-state index in [9.17, 15) is 4.79 Å². The molecule has 0 radical (unpaired) electrons. The number of hydrogen-bond acceptors (Lipinski definition) is 3. The SMILES string of the molecule is CC(Oc1ccc(Cl)cc1Cl)C(=O)NC1CC2CCC(C1)N2. The Morgan fingerprint density at radius 2 is 2.00 bits per heavy atom. The first kappa shape index (κ1) is 15.9. The van der Waals surface area contributed by atoms with Crippen LogP contribution < -0.4 is 15.4 Å². The van der Waals surface area contributed by atoms with Crippen LogP contribution in [0.4, 0.5) is 0 Å². The van der Waals surface area contributed by atoms with Crippen molar-refractivity contribution in [1.82, 2.24) is 10.6 Å². The second kappa shape index (κ2) is 6.65. The van der Waals surface area contributed by atoms with E-state index in [1.807, 2.05) is 0 Å². The predicted molar refractivity (Wildman–Crippen MR) is 87.7 cm³/mol. The van der Waals surface area contributed by atoms with Gasteiger partial charge in [0, 0.05) is 23.1 Å². The third-order valence-electron chi connectivity index (χ3n) is 4.39. The van der Waals surface area contributed by atoms with Crippen LogP contribution in [0.25, 0.3) is 0 Å². The van der Waals surface area contributed by atoms with Crippen molar-refractivity contribution in [2.75, 3.05) is 0 Å². The summed E-state index contributed by atoms with van der Waals surface area (Å²) in [6.07, 6.45) is 3.83. The van der Waals surface area contributed by atoms with E-state index in [-0.39, 0.29) is 11.9 Å². The van der Waals surface area contributed by atoms with Gasteiger partial charge in [-0.05, 0) is 50.8 Å². The van der Waals surface area contributed by atoms with Crippen molar-refractivity contribution < 1.29 is 9.53 Å². The first-order chi connectivity index (χ1) is 10.5. The number of benzene rings is 1. The Bertz CT molecular complexity index is 555. The molecule has 0 spiro atoms. The summed E-state index contributed by atoms with van der Waals surface area (Å²) in [5.74, 6) is 0.372. The molecule has 0 aromatic heterocycles. The molecule has 2 saturated heterocycles. The summed E-state index contributed by atoms with van der Waals surface area (Å²) in [7, 11) is 0. The van der Waals surface area contributed by atoms with Gasteiger partial charge in [0.2, 0.25) is 0 Å². The monoisotopic (exact) mass is 342 g/mol. The summed E-state index contributed by atoms with van der Waals surface area (Å²) in [5, 5.41) is 7.61. The molecule has 2 bridgehead atoms. The molecule has 3 atom stereocenters. The van der Waals surface area contributed by atoms with Gasteiger partial charge in [-0.15, -0.1) is 0 Å². The molecule has 2 aliphatic heterocycles. The third-order valence-corrected chi connectivity index (χ3v) is 4.92. The van der Waals surface area contributed by atoms with Gasteiger partial charge in [0.1, 0.15) is 5.75 Å². The number of carbonyl (C=O) groups excluding carboxylic acids is 1. The van der Waals surface area contributed by atoms with Gasteiger partial charge in [0.05, 0.1) is 5.02 Å². The first-order valence-corrected chi connectivity index (χ1v) is 8.45. The molecular weight excluding hydrogens is 323 g/mol. The summed E-state index contributed by atoms with van der Waals surface area (Å²) in [6.45, 7) is 1.73. The zero-order valence-corrected chi connectivity index (χ0v) is 14.0. The zero-order valence-electron chi connectivity index (χ0n) is 12.4. The number of carbonyl (C=O) groups is 1. The molecule has 1 aromatic carbocycles. The van der Waals surface area contributed by atoms with Crippen LogP contribution in [0.15, 0.2) is 18.2 Å². The van der Waals surface area contributed by atoms with Gasteiger partial charge in [0.15, 0.2) is 6.10 Å². The fourth-order valence-corrected chi connectivity index (χ4v) is 3.76. The van der Waals surface area contributed by atoms with Crippen LogP contribution in [0.2, 0.25) is 10.0 Å². The Kier molecular flexibility index (Phi) is 4.81. The van der Waals surface area contributed by atoms with Crippen LogP contribution in [-0.2, 0) is 4.79 Å². The highest BCUT2D eigenvalue weighted by Gasteiger charge is 2.34. The van der Waals surface area contributed by atoms with Crippen LogP contribution in [-0.4, -0.2) is 30.1 Å². The van der Waals surface area contributed by atoms with Crippen molar-refractivity contribution >= 4 is 29.1 Å². The average molecular weight is 343 g/mol. The molecule has 2 N–H and O–H groups in total. The van der Waals surface area contributed by atoms with Gasteiger partial charge >= 0.3 is 0 Å². The van der Waals surface area contributed by atoms with E-state index in [1.54, 1.807) is 25.1 Å². The second-order valence-electron chi connectivity index (χ2n) is 6.15. The molecule has 1 amide bonds. The lowest BCUT2D eigenvalue weighted by molar-refractivity contribution is -0.128. The van der Waals surface area contributed by atoms with E-state index >= 15 is 0 Å². The van der Waals surface area contributed by atoms with Crippen LogP contribution in [0.5, 0.6) is 5.75 Å². The fraction of sp³-hybridized carbons (Fsp3) is 0.562. The second-order valence-corrected chi connectivity index (χ2v) is 6.99. The Morgan fingerprint density at radius 1 is 1.32 bits per heavy atom. The minimum absolute atomic E-state index is 0.0997. The van der Waals surface area contributed by atoms with Crippen molar-refractivity contribution in [1.29, 1.82) is 0 Å². The van der Waals surface area contributed by atoms with Crippen molar-refractivity contribution in [3.8, 4) is 5.75 Å². The van der Waals surface area contributed by atoms with Gasteiger partial charge in [-0.2, -0.15) is 0 Å². The number of nitrogens with one attached hydrogen (secondary N) is 2. The summed E-state index contributed by atoms with van der Waals surface area (Å²) in [4.78, 5) is 12.3. The number of hydrogen-bond donors (Lipinski definition) is 2. The molecule has 3 rings (SSSR count). The molecule has 22 heavy (non-hydrogen) atoms. The lowest BCUT2D eigenvalue weighted by atomic mass is 9.99. The highest BCUT2D eigenvalue weighted by Crippen LogP contribution is 2.29. The van der Waals surface area contributed by atoms with Crippen molar-refractivity contribution in [3.63, 3.8) is 0 Å².